The Bertz CT molecular complexity index is 2390. The molecule has 0 aliphatic carbocycles. The van der Waals surface area contributed by atoms with Crippen LogP contribution in [0.3, 0.4) is 0 Å². The summed E-state index contributed by atoms with van der Waals surface area (Å²) in [6.07, 6.45) is 0. The highest BCUT2D eigenvalue weighted by atomic mass is 15.0. The number of rotatable bonds is 3. The molecule has 8 rings (SSSR count). The van der Waals surface area contributed by atoms with Crippen LogP contribution in [0.15, 0.2) is 140 Å². The van der Waals surface area contributed by atoms with Crippen molar-refractivity contribution in [2.24, 2.45) is 0 Å². The molecular weight excluding hydrogens is 567 g/mol. The Balaban J connectivity index is 1.44. The Kier molecular flexibility index (Phi) is 6.67. The summed E-state index contributed by atoms with van der Waals surface area (Å²) in [6, 6.07) is 52.0. The summed E-state index contributed by atoms with van der Waals surface area (Å²) in [5.74, 6) is 0. The smallest absolute Gasteiger partial charge is 0.0541 e. The van der Waals surface area contributed by atoms with Crippen molar-refractivity contribution in [1.82, 2.24) is 4.57 Å². The molecular formula is C46H41N. The molecule has 8 aromatic rings. The lowest BCUT2D eigenvalue weighted by atomic mass is 9.79. The normalized spacial score (nSPS) is 12.5. The number of fused-ring (bicyclic) bond motifs is 5. The second-order valence-electron chi connectivity index (χ2n) is 15.1. The SMILES string of the molecule is CC(C)(C)c1ccc2c(-c3ccc(-n4c5ccccc5c5ccccc54)cc3)c3cc(C(C)(C)C)ccc3c(-c3ccccc3)c2c1. The Morgan fingerprint density at radius 3 is 1.26 bits per heavy atom. The maximum Gasteiger partial charge on any atom is 0.0541 e. The van der Waals surface area contributed by atoms with E-state index in [0.717, 1.165) is 0 Å². The maximum absolute atomic E-state index is 2.45. The first kappa shape index (κ1) is 29.3. The molecule has 0 bridgehead atoms. The first-order valence-corrected chi connectivity index (χ1v) is 16.8. The van der Waals surface area contributed by atoms with Gasteiger partial charge in [0.25, 0.3) is 0 Å². The highest BCUT2D eigenvalue weighted by molar-refractivity contribution is 6.21. The van der Waals surface area contributed by atoms with Crippen molar-refractivity contribution >= 4 is 43.4 Å². The van der Waals surface area contributed by atoms with E-state index in [2.05, 4.69) is 186 Å². The summed E-state index contributed by atoms with van der Waals surface area (Å²) >= 11 is 0. The minimum absolute atomic E-state index is 0.0316. The molecule has 0 saturated heterocycles. The lowest BCUT2D eigenvalue weighted by Gasteiger charge is -2.25. The average molecular weight is 608 g/mol. The van der Waals surface area contributed by atoms with Gasteiger partial charge in [0.1, 0.15) is 0 Å². The summed E-state index contributed by atoms with van der Waals surface area (Å²) in [6.45, 7) is 13.8. The highest BCUT2D eigenvalue weighted by Gasteiger charge is 2.23. The highest BCUT2D eigenvalue weighted by Crippen LogP contribution is 2.46. The Labute approximate surface area is 278 Å². The standard InChI is InChI=1S/C46H41N/c1-45(2,3)32-23-27-38-39(28-32)43(30-14-8-7-9-15-30)37-26-22-33(46(4,5)6)29-40(37)44(38)31-20-24-34(25-21-31)47-41-18-12-10-16-35(41)36-17-11-13-19-42(36)47/h7-29H,1-6H3. The van der Waals surface area contributed by atoms with Gasteiger partial charge in [-0.3, -0.25) is 0 Å². The van der Waals surface area contributed by atoms with E-state index in [1.807, 2.05) is 0 Å². The third-order valence-corrected chi connectivity index (χ3v) is 9.91. The lowest BCUT2D eigenvalue weighted by Crippen LogP contribution is -2.11. The average Bonchev–Trinajstić information content (AvgIpc) is 3.41. The topological polar surface area (TPSA) is 4.93 Å². The van der Waals surface area contributed by atoms with Gasteiger partial charge in [0.15, 0.2) is 0 Å². The van der Waals surface area contributed by atoms with Crippen LogP contribution in [0.1, 0.15) is 52.7 Å². The number of hydrogen-bond donors (Lipinski definition) is 0. The van der Waals surface area contributed by atoms with Gasteiger partial charge in [-0.2, -0.15) is 0 Å². The molecule has 7 aromatic carbocycles. The molecule has 0 fully saturated rings. The molecule has 0 aliphatic heterocycles. The van der Waals surface area contributed by atoms with Crippen molar-refractivity contribution in [1.29, 1.82) is 0 Å². The lowest BCUT2D eigenvalue weighted by molar-refractivity contribution is 0.590. The molecule has 1 aromatic heterocycles. The molecule has 0 spiro atoms. The van der Waals surface area contributed by atoms with Gasteiger partial charge in [-0.25, -0.2) is 0 Å². The van der Waals surface area contributed by atoms with E-state index < -0.39 is 0 Å². The van der Waals surface area contributed by atoms with Gasteiger partial charge < -0.3 is 4.57 Å². The van der Waals surface area contributed by atoms with Crippen LogP contribution in [0.5, 0.6) is 0 Å². The molecule has 1 heterocycles. The molecule has 0 saturated carbocycles. The number of nitrogens with zero attached hydrogens (tertiary/aromatic N) is 1. The number of hydrogen-bond acceptors (Lipinski definition) is 0. The van der Waals surface area contributed by atoms with Gasteiger partial charge in [0.2, 0.25) is 0 Å². The molecule has 230 valence electrons. The summed E-state index contributed by atoms with van der Waals surface area (Å²) < 4.78 is 2.40. The first-order valence-electron chi connectivity index (χ1n) is 16.8. The van der Waals surface area contributed by atoms with Gasteiger partial charge in [-0.1, -0.05) is 145 Å². The van der Waals surface area contributed by atoms with Gasteiger partial charge in [0, 0.05) is 16.5 Å². The Hall–Kier alpha value is -5.14. The molecule has 0 unspecified atom stereocenters. The molecule has 47 heavy (non-hydrogen) atoms. The zero-order valence-corrected chi connectivity index (χ0v) is 28.2. The van der Waals surface area contributed by atoms with Crippen molar-refractivity contribution in [2.75, 3.05) is 0 Å². The van der Waals surface area contributed by atoms with Crippen molar-refractivity contribution < 1.29 is 0 Å². The van der Waals surface area contributed by atoms with Crippen LogP contribution in [-0.4, -0.2) is 4.57 Å². The third kappa shape index (κ3) is 4.84. The predicted octanol–water partition coefficient (Wildman–Crippen LogP) is 13.0. The fourth-order valence-corrected chi connectivity index (χ4v) is 7.37. The second-order valence-corrected chi connectivity index (χ2v) is 15.1. The third-order valence-electron chi connectivity index (χ3n) is 9.91. The number of aromatic nitrogens is 1. The molecule has 0 aliphatic rings. The van der Waals surface area contributed by atoms with Crippen LogP contribution in [0.2, 0.25) is 0 Å². The molecule has 0 radical (unpaired) electrons. The van der Waals surface area contributed by atoms with Crippen LogP contribution < -0.4 is 0 Å². The van der Waals surface area contributed by atoms with Crippen LogP contribution >= 0.6 is 0 Å². The summed E-state index contributed by atoms with van der Waals surface area (Å²) in [7, 11) is 0. The van der Waals surface area contributed by atoms with Gasteiger partial charge >= 0.3 is 0 Å². The summed E-state index contributed by atoms with van der Waals surface area (Å²) in [5, 5.41) is 7.76. The molecule has 1 heteroatoms. The van der Waals surface area contributed by atoms with Crippen LogP contribution in [0.4, 0.5) is 0 Å². The second kappa shape index (κ2) is 10.7. The predicted molar refractivity (Wildman–Crippen MR) is 204 cm³/mol. The van der Waals surface area contributed by atoms with Crippen LogP contribution in [-0.2, 0) is 10.8 Å². The zero-order chi connectivity index (χ0) is 32.5. The van der Waals surface area contributed by atoms with E-state index in [4.69, 9.17) is 0 Å². The number of para-hydroxylation sites is 2. The maximum atomic E-state index is 2.45. The van der Waals surface area contributed by atoms with Gasteiger partial charge in [-0.15, -0.1) is 0 Å². The summed E-state index contributed by atoms with van der Waals surface area (Å²) in [5.41, 5.74) is 11.5. The van der Waals surface area contributed by atoms with E-state index in [1.54, 1.807) is 0 Å². The zero-order valence-electron chi connectivity index (χ0n) is 28.2. The number of benzene rings is 7. The van der Waals surface area contributed by atoms with Crippen LogP contribution in [0, 0.1) is 0 Å². The minimum Gasteiger partial charge on any atom is -0.309 e. The first-order chi connectivity index (χ1) is 22.6. The molecule has 0 atom stereocenters. The molecule has 0 amide bonds. The van der Waals surface area contributed by atoms with Crippen molar-refractivity contribution in [3.8, 4) is 27.9 Å². The quantitative estimate of drug-likeness (QED) is 0.176. The van der Waals surface area contributed by atoms with Gasteiger partial charge in [0.05, 0.1) is 11.0 Å². The monoisotopic (exact) mass is 607 g/mol. The fourth-order valence-electron chi connectivity index (χ4n) is 7.37. The van der Waals surface area contributed by atoms with E-state index >= 15 is 0 Å². The van der Waals surface area contributed by atoms with Gasteiger partial charge in [-0.05, 0) is 102 Å². The largest absolute Gasteiger partial charge is 0.309 e. The van der Waals surface area contributed by atoms with E-state index in [9.17, 15) is 0 Å². The molecule has 0 N–H and O–H groups in total. The van der Waals surface area contributed by atoms with Crippen LogP contribution in [0.25, 0.3) is 71.3 Å². The molecule has 1 nitrogen and oxygen atoms in total. The summed E-state index contributed by atoms with van der Waals surface area (Å²) in [4.78, 5) is 0. The fraction of sp³-hybridized carbons (Fsp3) is 0.174. The van der Waals surface area contributed by atoms with Crippen molar-refractivity contribution in [2.45, 2.75) is 52.4 Å². The Morgan fingerprint density at radius 2 is 0.787 bits per heavy atom. The Morgan fingerprint density at radius 1 is 0.362 bits per heavy atom. The minimum atomic E-state index is 0.0316. The van der Waals surface area contributed by atoms with Crippen molar-refractivity contribution in [3.63, 3.8) is 0 Å². The van der Waals surface area contributed by atoms with E-state index in [1.165, 1.54) is 82.4 Å². The van der Waals surface area contributed by atoms with E-state index in [-0.39, 0.29) is 10.8 Å². The van der Waals surface area contributed by atoms with Crippen molar-refractivity contribution in [3.05, 3.63) is 151 Å². The van der Waals surface area contributed by atoms with E-state index in [0.29, 0.717) is 0 Å².